The van der Waals surface area contributed by atoms with E-state index in [9.17, 15) is 14.7 Å². The van der Waals surface area contributed by atoms with E-state index >= 15 is 0 Å². The Kier molecular flexibility index (Phi) is 9.63. The summed E-state index contributed by atoms with van der Waals surface area (Å²) in [5, 5.41) is 9.77. The van der Waals surface area contributed by atoms with E-state index in [4.69, 9.17) is 4.74 Å². The van der Waals surface area contributed by atoms with Crippen molar-refractivity contribution in [2.45, 2.75) is 57.3 Å². The number of carboxylic acid groups (broad SMARTS) is 1. The van der Waals surface area contributed by atoms with Crippen molar-refractivity contribution in [3.63, 3.8) is 0 Å². The minimum absolute atomic E-state index is 0.175. The van der Waals surface area contributed by atoms with Crippen LogP contribution in [0.3, 0.4) is 0 Å². The van der Waals surface area contributed by atoms with Crippen LogP contribution in [0.2, 0.25) is 0 Å². The summed E-state index contributed by atoms with van der Waals surface area (Å²) in [5.41, 5.74) is 0.323. The first kappa shape index (κ1) is 25.0. The van der Waals surface area contributed by atoms with Crippen molar-refractivity contribution in [1.29, 1.82) is 0 Å². The number of carbonyl (C=O) groups is 2. The summed E-state index contributed by atoms with van der Waals surface area (Å²) in [6, 6.07) is 19.3. The highest BCUT2D eigenvalue weighted by Crippen LogP contribution is 2.32. The lowest BCUT2D eigenvalue weighted by Crippen LogP contribution is -2.34. The number of hydrogen-bond donors (Lipinski definition) is 1. The van der Waals surface area contributed by atoms with Crippen molar-refractivity contribution in [3.8, 4) is 0 Å². The number of rotatable bonds is 13. The number of carbonyl (C=O) groups excluding carboxylic acids is 1. The molecule has 2 aromatic carbocycles. The maximum Gasteiger partial charge on any atom is 0.316 e. The Balaban J connectivity index is 1.83. The molecule has 2 rings (SSSR count). The molecule has 0 aliphatic rings. The molecule has 2 unspecified atom stereocenters. The molecule has 0 aliphatic carbocycles. The highest BCUT2D eigenvalue weighted by atomic mass is 32.2. The molecule has 31 heavy (non-hydrogen) atoms. The minimum atomic E-state index is -0.863. The zero-order valence-corrected chi connectivity index (χ0v) is 19.6. The molecule has 0 heterocycles. The summed E-state index contributed by atoms with van der Waals surface area (Å²) in [7, 11) is 0. The quantitative estimate of drug-likeness (QED) is 0.312. The lowest BCUT2D eigenvalue weighted by atomic mass is 9.78. The first-order chi connectivity index (χ1) is 14.8. The fourth-order valence-electron chi connectivity index (χ4n) is 3.80. The maximum atomic E-state index is 12.7. The Hall–Kier alpha value is -2.27. The fourth-order valence-corrected chi connectivity index (χ4v) is 4.70. The molecule has 0 saturated heterocycles. The van der Waals surface area contributed by atoms with Crippen molar-refractivity contribution in [2.75, 3.05) is 18.1 Å². The van der Waals surface area contributed by atoms with Crippen LogP contribution in [0.4, 0.5) is 0 Å². The van der Waals surface area contributed by atoms with E-state index in [0.29, 0.717) is 13.0 Å². The second-order valence-electron chi connectivity index (χ2n) is 8.24. The van der Waals surface area contributed by atoms with Crippen molar-refractivity contribution in [1.82, 2.24) is 0 Å². The van der Waals surface area contributed by atoms with Gasteiger partial charge < -0.3 is 9.84 Å². The fraction of sp³-hybridized carbons (Fsp3) is 0.462. The van der Waals surface area contributed by atoms with Gasteiger partial charge in [-0.3, -0.25) is 9.59 Å². The smallest absolute Gasteiger partial charge is 0.316 e. The standard InChI is InChI=1S/C26H34O4S/c1-4-30-24(29)26(3,22-15-9-6-10-16-22)18-12-20-31-19-11-17-25(2,23(27)28)21-13-7-5-8-14-21/h5-10,13-16H,4,11-12,17-20H2,1-3H3,(H,27,28). The maximum absolute atomic E-state index is 12.7. The highest BCUT2D eigenvalue weighted by Gasteiger charge is 2.36. The Labute approximate surface area is 190 Å². The average molecular weight is 443 g/mol. The van der Waals surface area contributed by atoms with E-state index in [1.165, 1.54) is 0 Å². The van der Waals surface area contributed by atoms with Gasteiger partial charge in [0.15, 0.2) is 0 Å². The van der Waals surface area contributed by atoms with Crippen molar-refractivity contribution in [3.05, 3.63) is 71.8 Å². The molecular weight excluding hydrogens is 408 g/mol. The number of aliphatic carboxylic acids is 1. The van der Waals surface area contributed by atoms with Gasteiger partial charge in [-0.05, 0) is 69.1 Å². The van der Waals surface area contributed by atoms with E-state index < -0.39 is 16.8 Å². The predicted octanol–water partition coefficient (Wildman–Crippen LogP) is 5.84. The van der Waals surface area contributed by atoms with E-state index in [1.807, 2.05) is 86.3 Å². The van der Waals surface area contributed by atoms with Crippen molar-refractivity contribution >= 4 is 23.7 Å². The van der Waals surface area contributed by atoms with Crippen LogP contribution in [-0.4, -0.2) is 35.2 Å². The summed E-state index contributed by atoms with van der Waals surface area (Å²) in [6.07, 6.45) is 3.05. The van der Waals surface area contributed by atoms with Crippen LogP contribution in [0.5, 0.6) is 0 Å². The van der Waals surface area contributed by atoms with Gasteiger partial charge in [-0.2, -0.15) is 11.8 Å². The first-order valence-electron chi connectivity index (χ1n) is 10.9. The molecule has 0 aliphatic heterocycles. The van der Waals surface area contributed by atoms with Gasteiger partial charge in [0.25, 0.3) is 0 Å². The topological polar surface area (TPSA) is 63.6 Å². The summed E-state index contributed by atoms with van der Waals surface area (Å²) < 4.78 is 5.36. The van der Waals surface area contributed by atoms with E-state index in [2.05, 4.69) is 0 Å². The van der Waals surface area contributed by atoms with Gasteiger partial charge in [-0.1, -0.05) is 60.7 Å². The molecule has 0 spiro atoms. The molecule has 0 aromatic heterocycles. The zero-order valence-electron chi connectivity index (χ0n) is 18.8. The molecular formula is C26H34O4S. The second kappa shape index (κ2) is 11.9. The number of esters is 1. The number of ether oxygens (including phenoxy) is 1. The highest BCUT2D eigenvalue weighted by molar-refractivity contribution is 7.99. The van der Waals surface area contributed by atoms with Gasteiger partial charge >= 0.3 is 11.9 Å². The van der Waals surface area contributed by atoms with Crippen LogP contribution in [0.15, 0.2) is 60.7 Å². The minimum Gasteiger partial charge on any atom is -0.481 e. The predicted molar refractivity (Wildman–Crippen MR) is 128 cm³/mol. The Morgan fingerprint density at radius 2 is 1.29 bits per heavy atom. The molecule has 4 nitrogen and oxygen atoms in total. The normalized spacial score (nSPS) is 14.9. The van der Waals surface area contributed by atoms with E-state index in [-0.39, 0.29) is 5.97 Å². The first-order valence-corrected chi connectivity index (χ1v) is 12.1. The van der Waals surface area contributed by atoms with Gasteiger partial charge in [0.2, 0.25) is 0 Å². The molecule has 0 fully saturated rings. The monoisotopic (exact) mass is 442 g/mol. The number of hydrogen-bond acceptors (Lipinski definition) is 4. The molecule has 2 atom stereocenters. The third-order valence-corrected chi connectivity index (χ3v) is 7.11. The van der Waals surface area contributed by atoms with Gasteiger partial charge in [0.1, 0.15) is 0 Å². The molecule has 0 radical (unpaired) electrons. The Morgan fingerprint density at radius 1 is 0.839 bits per heavy atom. The SMILES string of the molecule is CCOC(=O)C(C)(CCCSCCCC(C)(C(=O)O)c1ccccc1)c1ccccc1. The summed E-state index contributed by atoms with van der Waals surface area (Å²) in [6.45, 7) is 5.97. The van der Waals surface area contributed by atoms with Gasteiger partial charge in [-0.15, -0.1) is 0 Å². The van der Waals surface area contributed by atoms with Crippen LogP contribution in [0, 0.1) is 0 Å². The number of carboxylic acids is 1. The molecule has 1 N–H and O–H groups in total. The van der Waals surface area contributed by atoms with Crippen molar-refractivity contribution < 1.29 is 19.4 Å². The third kappa shape index (κ3) is 6.60. The third-order valence-electron chi connectivity index (χ3n) is 5.95. The number of benzene rings is 2. The van der Waals surface area contributed by atoms with E-state index in [1.54, 1.807) is 6.92 Å². The summed E-state index contributed by atoms with van der Waals surface area (Å²) in [5.74, 6) is 0.872. The van der Waals surface area contributed by atoms with Crippen LogP contribution in [0.25, 0.3) is 0 Å². The largest absolute Gasteiger partial charge is 0.481 e. The Bertz CT molecular complexity index is 824. The average Bonchev–Trinajstić information content (AvgIpc) is 2.79. The molecule has 168 valence electrons. The van der Waals surface area contributed by atoms with Gasteiger partial charge in [-0.25, -0.2) is 0 Å². The second-order valence-corrected chi connectivity index (χ2v) is 9.47. The summed E-state index contributed by atoms with van der Waals surface area (Å²) in [4.78, 5) is 24.6. The lowest BCUT2D eigenvalue weighted by molar-refractivity contribution is -0.150. The molecule has 0 saturated carbocycles. The van der Waals surface area contributed by atoms with Crippen molar-refractivity contribution in [2.24, 2.45) is 0 Å². The molecule has 2 aromatic rings. The Morgan fingerprint density at radius 3 is 1.74 bits per heavy atom. The van der Waals surface area contributed by atoms with Gasteiger partial charge in [0, 0.05) is 0 Å². The molecule has 5 heteroatoms. The number of thioether (sulfide) groups is 1. The van der Waals surface area contributed by atoms with Gasteiger partial charge in [0.05, 0.1) is 17.4 Å². The van der Waals surface area contributed by atoms with Crippen LogP contribution in [-0.2, 0) is 25.2 Å². The van der Waals surface area contributed by atoms with Crippen LogP contribution < -0.4 is 0 Å². The lowest BCUT2D eigenvalue weighted by Gasteiger charge is -2.28. The molecule has 0 amide bonds. The van der Waals surface area contributed by atoms with E-state index in [0.717, 1.165) is 41.9 Å². The van der Waals surface area contributed by atoms with Crippen LogP contribution in [0.1, 0.15) is 57.6 Å². The summed E-state index contributed by atoms with van der Waals surface area (Å²) >= 11 is 1.82. The molecule has 0 bridgehead atoms. The zero-order chi connectivity index (χ0) is 22.7. The van der Waals surface area contributed by atoms with Crippen LogP contribution >= 0.6 is 11.8 Å².